The van der Waals surface area contributed by atoms with Gasteiger partial charge in [-0.3, -0.25) is 0 Å². The average Bonchev–Trinajstić information content (AvgIpc) is 2.13. The van der Waals surface area contributed by atoms with Gasteiger partial charge in [-0.1, -0.05) is 25.5 Å². The first-order valence-corrected chi connectivity index (χ1v) is 4.64. The van der Waals surface area contributed by atoms with E-state index >= 15 is 0 Å². The molecule has 11 heavy (non-hydrogen) atoms. The van der Waals surface area contributed by atoms with Gasteiger partial charge in [0, 0.05) is 6.04 Å². The molecule has 1 nitrogen and oxygen atoms in total. The number of rotatable bonds is 1. The standard InChI is InChI=1S/C10H19N/c1-8(2)10-5-4-6-11-9(3)7-10/h7-9,11H,4-6H2,1-3H3/t9-/m0/s1. The van der Waals surface area contributed by atoms with Crippen LogP contribution in [0.1, 0.15) is 33.6 Å². The molecule has 0 fully saturated rings. The first-order valence-electron chi connectivity index (χ1n) is 4.64. The Kier molecular flexibility index (Phi) is 3.13. The molecule has 1 rings (SSSR count). The van der Waals surface area contributed by atoms with Gasteiger partial charge in [-0.2, -0.15) is 0 Å². The molecule has 0 amide bonds. The third-order valence-corrected chi connectivity index (χ3v) is 2.31. The Bertz CT molecular complexity index is 147. The Balaban J connectivity index is 2.59. The van der Waals surface area contributed by atoms with Crippen molar-refractivity contribution in [3.05, 3.63) is 11.6 Å². The zero-order chi connectivity index (χ0) is 8.27. The molecule has 1 atom stereocenters. The lowest BCUT2D eigenvalue weighted by Crippen LogP contribution is -2.23. The van der Waals surface area contributed by atoms with Crippen LogP contribution in [0.5, 0.6) is 0 Å². The fraction of sp³-hybridized carbons (Fsp3) is 0.800. The second kappa shape index (κ2) is 3.91. The minimum Gasteiger partial charge on any atom is -0.311 e. The summed E-state index contributed by atoms with van der Waals surface area (Å²) in [6.07, 6.45) is 4.97. The summed E-state index contributed by atoms with van der Waals surface area (Å²) in [6.45, 7) is 7.97. The second-order valence-electron chi connectivity index (χ2n) is 3.74. The van der Waals surface area contributed by atoms with Crippen LogP contribution in [0.15, 0.2) is 11.6 Å². The molecular weight excluding hydrogens is 134 g/mol. The zero-order valence-electron chi connectivity index (χ0n) is 7.85. The van der Waals surface area contributed by atoms with E-state index in [1.807, 2.05) is 0 Å². The van der Waals surface area contributed by atoms with Gasteiger partial charge in [-0.15, -0.1) is 0 Å². The normalized spacial score (nSPS) is 26.5. The molecule has 0 aromatic rings. The van der Waals surface area contributed by atoms with Crippen molar-refractivity contribution in [2.75, 3.05) is 6.54 Å². The van der Waals surface area contributed by atoms with E-state index in [0.29, 0.717) is 6.04 Å². The quantitative estimate of drug-likeness (QED) is 0.570. The van der Waals surface area contributed by atoms with Crippen LogP contribution in [0.2, 0.25) is 0 Å². The second-order valence-corrected chi connectivity index (χ2v) is 3.74. The van der Waals surface area contributed by atoms with Crippen LogP contribution in [0.3, 0.4) is 0 Å². The molecule has 0 spiro atoms. The topological polar surface area (TPSA) is 12.0 Å². The van der Waals surface area contributed by atoms with E-state index in [-0.39, 0.29) is 0 Å². The third-order valence-electron chi connectivity index (χ3n) is 2.31. The monoisotopic (exact) mass is 153 g/mol. The molecule has 0 bridgehead atoms. The van der Waals surface area contributed by atoms with Crippen molar-refractivity contribution in [1.29, 1.82) is 0 Å². The van der Waals surface area contributed by atoms with Crippen molar-refractivity contribution < 1.29 is 0 Å². The first kappa shape index (κ1) is 8.79. The van der Waals surface area contributed by atoms with E-state index in [0.717, 1.165) is 5.92 Å². The SMILES string of the molecule is CC(C)C1=C[C@H](C)NCCC1. The predicted molar refractivity (Wildman–Crippen MR) is 49.6 cm³/mol. The Morgan fingerprint density at radius 1 is 1.55 bits per heavy atom. The summed E-state index contributed by atoms with van der Waals surface area (Å²) in [7, 11) is 0. The van der Waals surface area contributed by atoms with Gasteiger partial charge < -0.3 is 5.32 Å². The van der Waals surface area contributed by atoms with Gasteiger partial charge in [0.2, 0.25) is 0 Å². The Hall–Kier alpha value is -0.300. The molecule has 1 heterocycles. The Labute approximate surface area is 69.9 Å². The number of hydrogen-bond acceptors (Lipinski definition) is 1. The van der Waals surface area contributed by atoms with Crippen LogP contribution >= 0.6 is 0 Å². The Morgan fingerprint density at radius 2 is 2.27 bits per heavy atom. The van der Waals surface area contributed by atoms with Gasteiger partial charge in [0.05, 0.1) is 0 Å². The van der Waals surface area contributed by atoms with E-state index in [1.54, 1.807) is 5.57 Å². The van der Waals surface area contributed by atoms with E-state index in [2.05, 4.69) is 32.2 Å². The molecular formula is C10H19N. The fourth-order valence-electron chi connectivity index (χ4n) is 1.57. The summed E-state index contributed by atoms with van der Waals surface area (Å²) < 4.78 is 0. The van der Waals surface area contributed by atoms with Crippen molar-refractivity contribution in [2.24, 2.45) is 5.92 Å². The van der Waals surface area contributed by atoms with Crippen LogP contribution in [-0.2, 0) is 0 Å². The summed E-state index contributed by atoms with van der Waals surface area (Å²) in [6, 6.07) is 0.579. The van der Waals surface area contributed by atoms with E-state index in [4.69, 9.17) is 0 Å². The maximum absolute atomic E-state index is 3.45. The van der Waals surface area contributed by atoms with Crippen LogP contribution in [0, 0.1) is 5.92 Å². The minimum absolute atomic E-state index is 0.579. The van der Waals surface area contributed by atoms with Crippen LogP contribution in [0.25, 0.3) is 0 Å². The predicted octanol–water partition coefficient (Wildman–Crippen LogP) is 2.34. The number of hydrogen-bond donors (Lipinski definition) is 1. The highest BCUT2D eigenvalue weighted by atomic mass is 14.9. The Morgan fingerprint density at radius 3 is 2.91 bits per heavy atom. The van der Waals surface area contributed by atoms with Crippen molar-refractivity contribution in [3.63, 3.8) is 0 Å². The van der Waals surface area contributed by atoms with Gasteiger partial charge in [-0.05, 0) is 32.2 Å². The minimum atomic E-state index is 0.579. The van der Waals surface area contributed by atoms with Crippen molar-refractivity contribution in [2.45, 2.75) is 39.7 Å². The van der Waals surface area contributed by atoms with E-state index < -0.39 is 0 Å². The molecule has 0 unspecified atom stereocenters. The molecule has 1 aliphatic heterocycles. The van der Waals surface area contributed by atoms with Gasteiger partial charge in [-0.25, -0.2) is 0 Å². The molecule has 0 aromatic heterocycles. The highest BCUT2D eigenvalue weighted by Gasteiger charge is 2.09. The lowest BCUT2D eigenvalue weighted by atomic mass is 9.98. The van der Waals surface area contributed by atoms with Crippen molar-refractivity contribution in [1.82, 2.24) is 5.32 Å². The smallest absolute Gasteiger partial charge is 0.0224 e. The summed E-state index contributed by atoms with van der Waals surface area (Å²) in [5.41, 5.74) is 1.63. The van der Waals surface area contributed by atoms with Crippen LogP contribution < -0.4 is 5.32 Å². The molecule has 1 aliphatic rings. The molecule has 0 saturated carbocycles. The maximum Gasteiger partial charge on any atom is 0.0224 e. The van der Waals surface area contributed by atoms with Crippen LogP contribution in [0.4, 0.5) is 0 Å². The lowest BCUT2D eigenvalue weighted by molar-refractivity contribution is 0.624. The molecule has 0 aliphatic carbocycles. The third kappa shape index (κ3) is 2.66. The van der Waals surface area contributed by atoms with Gasteiger partial charge in [0.1, 0.15) is 0 Å². The fourth-order valence-corrected chi connectivity index (χ4v) is 1.57. The zero-order valence-corrected chi connectivity index (χ0v) is 7.85. The summed E-state index contributed by atoms with van der Waals surface area (Å²) in [5, 5.41) is 3.45. The molecule has 64 valence electrons. The van der Waals surface area contributed by atoms with Gasteiger partial charge in [0.15, 0.2) is 0 Å². The lowest BCUT2D eigenvalue weighted by Gasteiger charge is -2.09. The molecule has 0 aromatic carbocycles. The maximum atomic E-state index is 3.45. The summed E-state index contributed by atoms with van der Waals surface area (Å²) in [4.78, 5) is 0. The largest absolute Gasteiger partial charge is 0.311 e. The van der Waals surface area contributed by atoms with Gasteiger partial charge >= 0.3 is 0 Å². The molecule has 1 heteroatoms. The molecule has 0 saturated heterocycles. The summed E-state index contributed by atoms with van der Waals surface area (Å²) in [5.74, 6) is 0.734. The van der Waals surface area contributed by atoms with Crippen LogP contribution in [-0.4, -0.2) is 12.6 Å². The molecule has 0 radical (unpaired) electrons. The highest BCUT2D eigenvalue weighted by molar-refractivity contribution is 5.10. The summed E-state index contributed by atoms with van der Waals surface area (Å²) >= 11 is 0. The van der Waals surface area contributed by atoms with Gasteiger partial charge in [0.25, 0.3) is 0 Å². The average molecular weight is 153 g/mol. The molecule has 1 N–H and O–H groups in total. The van der Waals surface area contributed by atoms with E-state index in [1.165, 1.54) is 19.4 Å². The van der Waals surface area contributed by atoms with Crippen molar-refractivity contribution in [3.8, 4) is 0 Å². The van der Waals surface area contributed by atoms with E-state index in [9.17, 15) is 0 Å². The highest BCUT2D eigenvalue weighted by Crippen LogP contribution is 2.18. The first-order chi connectivity index (χ1) is 5.20. The van der Waals surface area contributed by atoms with Crippen molar-refractivity contribution >= 4 is 0 Å². The number of allylic oxidation sites excluding steroid dienone is 1. The number of nitrogens with one attached hydrogen (secondary N) is 1.